The van der Waals surface area contributed by atoms with Gasteiger partial charge in [0.05, 0.1) is 82.5 Å². The Labute approximate surface area is 819 Å². The Balaban J connectivity index is -0.00000245. The molecular weight excluding hydrogens is 1730 g/mol. The Morgan fingerprint density at radius 1 is 0.343 bits per heavy atom. The van der Waals surface area contributed by atoms with Crippen molar-refractivity contribution in [3.63, 3.8) is 0 Å². The fraction of sp³-hybridized carbons (Fsp3) is 0.943. The second-order valence-corrected chi connectivity index (χ2v) is 28.7. The van der Waals surface area contributed by atoms with Crippen molar-refractivity contribution in [3.8, 4) is 0 Å². The predicted octanol–water partition coefficient (Wildman–Crippen LogP) is -48.5. The number of carbonyl (C=O) groups is 2. The number of aliphatic carboxylic acids is 2. The van der Waals surface area contributed by atoms with Gasteiger partial charge in [-0.3, -0.25) is 20.9 Å². The molecule has 5 saturated heterocycles. The summed E-state index contributed by atoms with van der Waals surface area (Å²) in [4.78, 5) is 25.2. The van der Waals surface area contributed by atoms with Crippen LogP contribution in [0.2, 0.25) is 0 Å². The summed E-state index contributed by atoms with van der Waals surface area (Å²) in [5, 5.41) is 91.5. The first-order chi connectivity index (χ1) is 43.2. The topological polar surface area (TPSA) is 834 Å². The zero-order chi connectivity index (χ0) is 72.3. The third-order valence-electron chi connectivity index (χ3n) is 13.7. The van der Waals surface area contributed by atoms with Gasteiger partial charge in [-0.2, -0.15) is 0 Å². The van der Waals surface area contributed by atoms with Gasteiger partial charge < -0.3 is 134 Å². The van der Waals surface area contributed by atoms with E-state index in [-0.39, 0.29) is 296 Å². The molecule has 5 heterocycles. The molecule has 5 aliphatic heterocycles. The van der Waals surface area contributed by atoms with Crippen LogP contribution in [0.5, 0.6) is 0 Å². The van der Waals surface area contributed by atoms with Crippen molar-refractivity contribution in [1.29, 1.82) is 0 Å². The van der Waals surface area contributed by atoms with Gasteiger partial charge >= 0.3 is 296 Å². The van der Waals surface area contributed by atoms with Crippen LogP contribution in [0.1, 0.15) is 0 Å². The Morgan fingerprint density at radius 3 is 1.10 bits per heavy atom. The SMILES string of the molecule is CO[C@H]1O[C@H](COS(=O)(=O)[O-])[C@@H](O[C@@H]2O[C@@H](C(=O)[O-])[C@@H](COC[C@H]3O[C@H](COS(=O)(=O)[O-])[C@@H](O[C@@H]4O[C@H](C(=O)[O-])[C@@H](COC[C@H]5O[C@H](COS(=O)(=O)[O-])[C@@H](O)[C@H](O)[C@H]5NS(=O)(=O)[O-])[C@H](O)[C@H]4O)[C@H](OS(=O)(=O)[O-])[C@H]3NS(=O)(=O)[O-])[C@H](O)[C@H]2OS(=O)(=O)[O-])[C@H](O)[C@H]1NS(=O)(=O)[O-].[Na+].[Na+].[Na+].[Na+].[Na+].[Na+].[Na+].[Na+].[Na+].[Na+]. The van der Waals surface area contributed by atoms with Crippen molar-refractivity contribution in [2.24, 2.45) is 11.8 Å². The molecule has 0 aliphatic carbocycles. The molecular formula is C35H51N3Na10O49S8. The molecule has 0 saturated carbocycles. The maximum absolute atomic E-state index is 12.7. The molecule has 0 radical (unpaired) electrons. The normalized spacial score (nSPS) is 34.0. The molecule has 0 unspecified atom stereocenters. The number of nitrogens with one attached hydrogen (secondary N) is 3. The largest absolute Gasteiger partial charge is 1.00 e. The maximum Gasteiger partial charge on any atom is 1.00 e. The van der Waals surface area contributed by atoms with Crippen molar-refractivity contribution in [2.45, 2.75) is 141 Å². The summed E-state index contributed by atoms with van der Waals surface area (Å²) in [6.45, 7) is -10.6. The summed E-state index contributed by atoms with van der Waals surface area (Å²) in [6.07, 6.45) is -53.3. The second-order valence-electron chi connectivity index (χ2n) is 20.1. The molecule has 0 amide bonds. The van der Waals surface area contributed by atoms with Crippen molar-refractivity contribution in [3.05, 3.63) is 0 Å². The minimum Gasteiger partial charge on any atom is -0.735 e. The number of hydrogen-bond acceptors (Lipinski definition) is 49. The Bertz CT molecular complexity index is 3610. The molecule has 5 fully saturated rings. The number of carboxylic acid groups (broad SMARTS) is 2. The van der Waals surface area contributed by atoms with Crippen LogP contribution in [-0.4, -0.2) is 340 Å². The van der Waals surface area contributed by atoms with E-state index in [4.69, 9.17) is 47.4 Å². The van der Waals surface area contributed by atoms with Crippen molar-refractivity contribution < 1.29 is 518 Å². The van der Waals surface area contributed by atoms with Crippen molar-refractivity contribution in [1.82, 2.24) is 14.2 Å². The molecule has 9 N–H and O–H groups in total. The Kier molecular flexibility index (Phi) is 61.0. The molecule has 70 heteroatoms. The maximum atomic E-state index is 12.7. The van der Waals surface area contributed by atoms with Crippen molar-refractivity contribution >= 4 is 94.8 Å². The summed E-state index contributed by atoms with van der Waals surface area (Å²) in [5.41, 5.74) is 0. The van der Waals surface area contributed by atoms with Gasteiger partial charge in [0, 0.05) is 18.9 Å². The van der Waals surface area contributed by atoms with Crippen LogP contribution >= 0.6 is 0 Å². The summed E-state index contributed by atoms with van der Waals surface area (Å²) < 4.78 is 360. The van der Waals surface area contributed by atoms with Gasteiger partial charge in [0.25, 0.3) is 0 Å². The van der Waals surface area contributed by atoms with Gasteiger partial charge in [0.2, 0.25) is 52.0 Å². The Morgan fingerprint density at radius 2 is 0.695 bits per heavy atom. The molecule has 558 valence electrons. The van der Waals surface area contributed by atoms with Crippen LogP contribution in [0.4, 0.5) is 0 Å². The Hall–Kier alpha value is 7.26. The van der Waals surface area contributed by atoms with Gasteiger partial charge in [-0.15, -0.1) is 0 Å². The molecule has 105 heavy (non-hydrogen) atoms. The van der Waals surface area contributed by atoms with Crippen LogP contribution in [0.3, 0.4) is 0 Å². The molecule has 5 rings (SSSR count). The summed E-state index contributed by atoms with van der Waals surface area (Å²) in [6, 6.07) is -7.56. The molecule has 0 bridgehead atoms. The van der Waals surface area contributed by atoms with E-state index in [9.17, 15) is 154 Å². The van der Waals surface area contributed by atoms with E-state index in [0.717, 1.165) is 11.8 Å². The molecule has 0 spiro atoms. The van der Waals surface area contributed by atoms with E-state index in [0.29, 0.717) is 0 Å². The quantitative estimate of drug-likeness (QED) is 0.0164. The molecule has 5 aliphatic rings. The number of hydrogen-bond donors (Lipinski definition) is 9. The number of methoxy groups -OCH3 is 1. The monoisotopic (exact) mass is 1780 g/mol. The average molecular weight is 1780 g/mol. The van der Waals surface area contributed by atoms with Gasteiger partial charge in [0.1, 0.15) is 91.5 Å². The van der Waals surface area contributed by atoms with Crippen LogP contribution in [0.25, 0.3) is 0 Å². The minimum atomic E-state index is -6.46. The first-order valence-corrected chi connectivity index (χ1v) is 36.1. The van der Waals surface area contributed by atoms with Crippen LogP contribution in [0, 0.1) is 11.8 Å². The van der Waals surface area contributed by atoms with Crippen LogP contribution in [0.15, 0.2) is 0 Å². The minimum absolute atomic E-state index is 0. The van der Waals surface area contributed by atoms with Gasteiger partial charge in [-0.25, -0.2) is 81.5 Å². The second kappa shape index (κ2) is 52.0. The summed E-state index contributed by atoms with van der Waals surface area (Å²) in [7, 11) is -46.8. The standard InChI is InChI=1S/C35H61N3O49S8.10Na/c1-73-33-18(38-90(55,56)57)23(43)27(14(81-33)7-77-92(61,62)63)84-35-30(87-95(70,71)72)20(40)10(26(83-35)32(47)48)3-75-5-12-17(37-89(52,53)54)29(86-94(67,68)69)28(15(80-12)8-78-93(64,65)66)85-34-24(44)19(39)9(25(82-34)31(45)46)2-74-4-11-16(36-88(49,50)51)22(42)21(41)13(79-11)6-76-91(58,59)60;;;;;;;;;;/h9-30,33-44H,2-8H2,1H3,(H,45,46)(H,47,48)(H,49,50,51)(H,52,53,54)(H,55,56,57)(H,58,59,60)(H,61,62,63)(H,64,65,66)(H,67,68,69)(H,70,71,72);;;;;;;;;;/q;10*+1/p-10/t9-,10-,11+,12+,13+,14+,15+,16-,17-,18+,19-,20-,21+,22+,23+,24+,25-,26+,27+,28+,29+,30+,33-,34-,35-;;;;;;;;;;/m0........../s1. The fourth-order valence-corrected chi connectivity index (χ4v) is 13.6. The number of ether oxygens (including phenoxy) is 10. The molecule has 25 atom stereocenters. The molecule has 0 aromatic carbocycles. The fourth-order valence-electron chi connectivity index (χ4n) is 9.89. The molecule has 0 aromatic rings. The van der Waals surface area contributed by atoms with Gasteiger partial charge in [-0.1, -0.05) is 0 Å². The first-order valence-electron chi connectivity index (χ1n) is 25.2. The zero-order valence-corrected chi connectivity index (χ0v) is 82.9. The van der Waals surface area contributed by atoms with Crippen LogP contribution in [-0.2, 0) is 161 Å². The molecule has 52 nitrogen and oxygen atoms in total. The number of aliphatic hydroxyl groups excluding tert-OH is 6. The van der Waals surface area contributed by atoms with Crippen LogP contribution < -0.4 is 320 Å². The molecule has 0 aromatic heterocycles. The summed E-state index contributed by atoms with van der Waals surface area (Å²) >= 11 is 0. The van der Waals surface area contributed by atoms with Gasteiger partial charge in [0.15, 0.2) is 55.9 Å². The van der Waals surface area contributed by atoms with E-state index < -0.39 is 294 Å². The van der Waals surface area contributed by atoms with E-state index in [2.05, 4.69) is 20.9 Å². The average Bonchev–Trinajstić information content (AvgIpc) is 0.762. The third-order valence-corrected chi connectivity index (χ3v) is 17.5. The van der Waals surface area contributed by atoms with E-state index >= 15 is 0 Å². The summed E-state index contributed by atoms with van der Waals surface area (Å²) in [5.74, 6) is -9.73. The predicted molar refractivity (Wildman–Crippen MR) is 261 cm³/mol. The van der Waals surface area contributed by atoms with E-state index in [1.165, 1.54) is 9.44 Å². The van der Waals surface area contributed by atoms with E-state index in [1.54, 1.807) is 0 Å². The number of aliphatic hydroxyl groups is 6. The number of rotatable bonds is 34. The van der Waals surface area contributed by atoms with E-state index in [1.807, 2.05) is 0 Å². The van der Waals surface area contributed by atoms with Crippen molar-refractivity contribution in [2.75, 3.05) is 53.4 Å². The number of carbonyl (C=O) groups excluding carboxylic acids is 2. The zero-order valence-electron chi connectivity index (χ0n) is 56.4. The van der Waals surface area contributed by atoms with Gasteiger partial charge in [-0.05, 0) is 0 Å². The third kappa shape index (κ3) is 40.9. The first kappa shape index (κ1) is 123. The number of carboxylic acids is 2. The smallest absolute Gasteiger partial charge is 0.735 e.